The summed E-state index contributed by atoms with van der Waals surface area (Å²) in [4.78, 5) is 5.22. The molecule has 6 atom stereocenters. The number of ether oxygens (including phenoxy) is 2. The topological polar surface area (TPSA) is 57.2 Å². The van der Waals surface area contributed by atoms with Crippen molar-refractivity contribution in [2.45, 2.75) is 61.4 Å². The van der Waals surface area contributed by atoms with Crippen LogP contribution >= 0.6 is 0 Å². The van der Waals surface area contributed by atoms with Crippen LogP contribution in [-0.4, -0.2) is 79.0 Å². The zero-order valence-electron chi connectivity index (χ0n) is 21.4. The fourth-order valence-electron chi connectivity index (χ4n) is 7.62. The second kappa shape index (κ2) is 9.09. The lowest BCUT2D eigenvalue weighted by Gasteiger charge is -2.36. The Labute approximate surface area is 218 Å². The third-order valence-electron chi connectivity index (χ3n) is 9.48. The molecule has 37 heavy (non-hydrogen) atoms. The van der Waals surface area contributed by atoms with Gasteiger partial charge in [0, 0.05) is 62.7 Å². The van der Waals surface area contributed by atoms with Gasteiger partial charge in [0.05, 0.1) is 18.6 Å². The highest BCUT2D eigenvalue weighted by molar-refractivity contribution is 5.61. The van der Waals surface area contributed by atoms with Crippen LogP contribution in [0.5, 0.6) is 11.5 Å². The van der Waals surface area contributed by atoms with Gasteiger partial charge in [0.25, 0.3) is 0 Å². The number of rotatable bonds is 6. The first kappa shape index (κ1) is 23.7. The molecule has 7 rings (SSSR count). The van der Waals surface area contributed by atoms with E-state index in [0.29, 0.717) is 24.4 Å². The molecule has 5 unspecified atom stereocenters. The van der Waals surface area contributed by atoms with Crippen molar-refractivity contribution in [3.63, 3.8) is 0 Å². The Morgan fingerprint density at radius 3 is 2.81 bits per heavy atom. The first-order chi connectivity index (χ1) is 18.0. The van der Waals surface area contributed by atoms with E-state index in [1.54, 1.807) is 19.2 Å². The van der Waals surface area contributed by atoms with Gasteiger partial charge in [-0.1, -0.05) is 30.4 Å². The summed E-state index contributed by atoms with van der Waals surface area (Å²) < 4.78 is 26.0. The number of nitrogens with one attached hydrogen (secondary N) is 1. The van der Waals surface area contributed by atoms with Gasteiger partial charge in [0.1, 0.15) is 11.9 Å². The van der Waals surface area contributed by atoms with E-state index in [0.717, 1.165) is 57.2 Å². The zero-order chi connectivity index (χ0) is 25.1. The van der Waals surface area contributed by atoms with Crippen LogP contribution in [0.4, 0.5) is 4.39 Å². The molecule has 2 N–H and O–H groups in total. The summed E-state index contributed by atoms with van der Waals surface area (Å²) in [5, 5.41) is 14.0. The zero-order valence-corrected chi connectivity index (χ0v) is 21.4. The van der Waals surface area contributed by atoms with Crippen molar-refractivity contribution in [2.75, 3.05) is 39.8 Å². The molecule has 1 aliphatic carbocycles. The van der Waals surface area contributed by atoms with E-state index in [1.807, 2.05) is 24.3 Å². The number of nitrogens with zero attached hydrogens (tertiary/aromatic N) is 2. The number of piperazine rings is 1. The molecular formula is C30H36FN3O3. The molecule has 2 fully saturated rings. The Morgan fingerprint density at radius 2 is 2.05 bits per heavy atom. The Kier molecular flexibility index (Phi) is 5.81. The van der Waals surface area contributed by atoms with Crippen molar-refractivity contribution in [2.24, 2.45) is 0 Å². The molecule has 2 aromatic rings. The molecule has 196 valence electrons. The molecular weight excluding hydrogens is 469 g/mol. The fraction of sp³-hybridized carbons (Fsp3) is 0.533. The number of aliphatic hydroxyl groups excluding tert-OH is 1. The highest BCUT2D eigenvalue weighted by Gasteiger charge is 2.53. The predicted octanol–water partition coefficient (Wildman–Crippen LogP) is 3.19. The van der Waals surface area contributed by atoms with Crippen LogP contribution in [0.25, 0.3) is 0 Å². The molecule has 4 heterocycles. The SMILES string of the molecule is COc1ccc2c3c1OC1C[C@@H](O)C=CC31CCN(CC(CN1CC3CC1CN3)c1ccc(F)cc1)C2. The van der Waals surface area contributed by atoms with Crippen LogP contribution in [0.3, 0.4) is 0 Å². The number of methoxy groups -OCH3 is 1. The van der Waals surface area contributed by atoms with Gasteiger partial charge in [-0.2, -0.15) is 0 Å². The van der Waals surface area contributed by atoms with E-state index in [1.165, 1.54) is 23.1 Å². The molecule has 5 aliphatic rings. The third-order valence-corrected chi connectivity index (χ3v) is 9.48. The summed E-state index contributed by atoms with van der Waals surface area (Å²) in [5.41, 5.74) is 3.49. The van der Waals surface area contributed by atoms with Crippen molar-refractivity contribution in [1.82, 2.24) is 15.1 Å². The summed E-state index contributed by atoms with van der Waals surface area (Å²) in [6.07, 6.45) is 6.35. The van der Waals surface area contributed by atoms with E-state index in [-0.39, 0.29) is 17.3 Å². The second-order valence-electron chi connectivity index (χ2n) is 11.6. The smallest absolute Gasteiger partial charge is 0.166 e. The first-order valence-electron chi connectivity index (χ1n) is 13.7. The standard InChI is InChI=1S/C30H36FN3O3/c1-36-26-7-4-20-15-33(11-10-30-9-8-25(35)13-27(30)37-29(26)28(20)30)16-21(19-2-5-22(31)6-3-19)17-34-18-23-12-24(34)14-32-23/h2-9,21,23-25,27,32,35H,10-18H2,1H3/t21?,23?,24?,25-,27?,30?/m0/s1. The Bertz CT molecular complexity index is 1200. The number of halogens is 1. The van der Waals surface area contributed by atoms with Crippen LogP contribution in [0.1, 0.15) is 41.9 Å². The minimum absolute atomic E-state index is 0.0851. The van der Waals surface area contributed by atoms with Gasteiger partial charge in [0.15, 0.2) is 11.5 Å². The maximum atomic E-state index is 13.8. The van der Waals surface area contributed by atoms with Gasteiger partial charge >= 0.3 is 0 Å². The van der Waals surface area contributed by atoms with Crippen molar-refractivity contribution >= 4 is 0 Å². The molecule has 0 amide bonds. The van der Waals surface area contributed by atoms with Gasteiger partial charge in [-0.3, -0.25) is 9.80 Å². The average Bonchev–Trinajstić information content (AvgIpc) is 3.58. The van der Waals surface area contributed by atoms with Crippen LogP contribution in [-0.2, 0) is 12.0 Å². The molecule has 0 saturated carbocycles. The van der Waals surface area contributed by atoms with Crippen molar-refractivity contribution in [1.29, 1.82) is 0 Å². The lowest BCUT2D eigenvalue weighted by Crippen LogP contribution is -2.46. The molecule has 4 aliphatic heterocycles. The second-order valence-corrected chi connectivity index (χ2v) is 11.6. The summed E-state index contributed by atoms with van der Waals surface area (Å²) in [5.74, 6) is 1.74. The molecule has 1 spiro atoms. The predicted molar refractivity (Wildman–Crippen MR) is 140 cm³/mol. The largest absolute Gasteiger partial charge is 0.493 e. The van der Waals surface area contributed by atoms with E-state index in [4.69, 9.17) is 9.47 Å². The average molecular weight is 506 g/mol. The number of likely N-dealkylation sites (tertiary alicyclic amines) is 1. The molecule has 0 aromatic heterocycles. The first-order valence-corrected chi connectivity index (χ1v) is 13.7. The normalized spacial score (nSPS) is 33.1. The van der Waals surface area contributed by atoms with Gasteiger partial charge in [-0.15, -0.1) is 0 Å². The summed E-state index contributed by atoms with van der Waals surface area (Å²) in [7, 11) is 1.69. The van der Waals surface area contributed by atoms with E-state index < -0.39 is 6.10 Å². The highest BCUT2D eigenvalue weighted by atomic mass is 19.1. The van der Waals surface area contributed by atoms with E-state index in [9.17, 15) is 9.50 Å². The van der Waals surface area contributed by atoms with Gasteiger partial charge in [0.2, 0.25) is 0 Å². The van der Waals surface area contributed by atoms with E-state index >= 15 is 0 Å². The maximum absolute atomic E-state index is 13.8. The van der Waals surface area contributed by atoms with Gasteiger partial charge < -0.3 is 19.9 Å². The lowest BCUT2D eigenvalue weighted by molar-refractivity contribution is 0.0802. The number of fused-ring (bicyclic) bond motifs is 2. The van der Waals surface area contributed by atoms with Crippen LogP contribution in [0, 0.1) is 5.82 Å². The monoisotopic (exact) mass is 505 g/mol. The van der Waals surface area contributed by atoms with Crippen LogP contribution in [0.2, 0.25) is 0 Å². The number of benzene rings is 2. The Morgan fingerprint density at radius 1 is 1.19 bits per heavy atom. The molecule has 0 radical (unpaired) electrons. The van der Waals surface area contributed by atoms with Gasteiger partial charge in [-0.05, 0) is 48.7 Å². The number of hydrogen-bond acceptors (Lipinski definition) is 6. The van der Waals surface area contributed by atoms with Crippen molar-refractivity contribution in [3.05, 3.63) is 71.1 Å². The molecule has 2 aromatic carbocycles. The maximum Gasteiger partial charge on any atom is 0.166 e. The van der Waals surface area contributed by atoms with Crippen molar-refractivity contribution < 1.29 is 19.0 Å². The number of aliphatic hydroxyl groups is 1. The molecule has 2 bridgehead atoms. The Balaban J connectivity index is 1.20. The van der Waals surface area contributed by atoms with Crippen LogP contribution < -0.4 is 14.8 Å². The molecule has 2 saturated heterocycles. The number of hydrogen-bond donors (Lipinski definition) is 2. The minimum Gasteiger partial charge on any atom is -0.493 e. The van der Waals surface area contributed by atoms with Gasteiger partial charge in [-0.25, -0.2) is 4.39 Å². The Hall–Kier alpha value is -2.45. The lowest BCUT2D eigenvalue weighted by atomic mass is 9.69. The minimum atomic E-state index is -0.480. The van der Waals surface area contributed by atoms with E-state index in [2.05, 4.69) is 27.3 Å². The molecule has 7 heteroatoms. The fourth-order valence-corrected chi connectivity index (χ4v) is 7.62. The summed E-state index contributed by atoms with van der Waals surface area (Å²) in [6, 6.07) is 12.6. The highest BCUT2D eigenvalue weighted by Crippen LogP contribution is 2.55. The summed E-state index contributed by atoms with van der Waals surface area (Å²) in [6.45, 7) is 5.86. The summed E-state index contributed by atoms with van der Waals surface area (Å²) >= 11 is 0. The quantitative estimate of drug-likeness (QED) is 0.589. The van der Waals surface area contributed by atoms with Crippen LogP contribution in [0.15, 0.2) is 48.6 Å². The van der Waals surface area contributed by atoms with Crippen molar-refractivity contribution in [3.8, 4) is 11.5 Å². The third kappa shape index (κ3) is 3.98. The molecule has 6 nitrogen and oxygen atoms in total.